The Morgan fingerprint density at radius 2 is 1.46 bits per heavy atom. The fourth-order valence-corrected chi connectivity index (χ4v) is 5.10. The predicted molar refractivity (Wildman–Crippen MR) is 188 cm³/mol. The molecule has 0 saturated heterocycles. The summed E-state index contributed by atoms with van der Waals surface area (Å²) in [5.74, 6) is -0.444. The highest BCUT2D eigenvalue weighted by atomic mass is 16.5. The molecule has 0 spiro atoms. The van der Waals surface area contributed by atoms with E-state index in [1.807, 2.05) is 60.7 Å². The Balaban J connectivity index is 1.40. The van der Waals surface area contributed by atoms with Crippen molar-refractivity contribution in [2.24, 2.45) is 0 Å². The third kappa shape index (κ3) is 10.8. The lowest BCUT2D eigenvalue weighted by atomic mass is 9.86. The van der Waals surface area contributed by atoms with Crippen molar-refractivity contribution in [1.29, 1.82) is 0 Å². The minimum Gasteiger partial charge on any atom is -0.494 e. The van der Waals surface area contributed by atoms with Crippen molar-refractivity contribution in [3.8, 4) is 28.3 Å². The van der Waals surface area contributed by atoms with Crippen LogP contribution in [-0.2, 0) is 21.4 Å². The first kappa shape index (κ1) is 35.8. The van der Waals surface area contributed by atoms with Gasteiger partial charge in [-0.3, -0.25) is 14.4 Å². The SMILES string of the molecule is CCCCCCOc1ccc(-c2cnc(-c3ccc(C[C@H](NC(=O)c4ccc(C(C)(C)C)cc4)C(=O)NCCC(=O)O)cc3)nc2)cc1. The van der Waals surface area contributed by atoms with Crippen LogP contribution in [0.5, 0.6) is 5.75 Å². The van der Waals surface area contributed by atoms with E-state index in [2.05, 4.69) is 48.3 Å². The Labute approximate surface area is 283 Å². The maximum Gasteiger partial charge on any atom is 0.305 e. The first-order valence-corrected chi connectivity index (χ1v) is 16.6. The number of benzene rings is 3. The quantitative estimate of drug-likeness (QED) is 0.111. The molecule has 0 aliphatic rings. The van der Waals surface area contributed by atoms with Crippen molar-refractivity contribution in [3.05, 3.63) is 102 Å². The van der Waals surface area contributed by atoms with Gasteiger partial charge in [-0.1, -0.05) is 95.5 Å². The van der Waals surface area contributed by atoms with E-state index in [-0.39, 0.29) is 30.7 Å². The highest BCUT2D eigenvalue weighted by Crippen LogP contribution is 2.24. The van der Waals surface area contributed by atoms with Crippen LogP contribution in [-0.4, -0.2) is 52.1 Å². The minimum absolute atomic E-state index is 0.0376. The molecule has 1 atom stereocenters. The van der Waals surface area contributed by atoms with E-state index in [9.17, 15) is 14.4 Å². The molecule has 1 heterocycles. The maximum atomic E-state index is 13.1. The first-order chi connectivity index (χ1) is 23.0. The molecule has 4 aromatic rings. The van der Waals surface area contributed by atoms with Gasteiger partial charge in [-0.05, 0) is 52.8 Å². The van der Waals surface area contributed by atoms with Crippen LogP contribution in [0.3, 0.4) is 0 Å². The molecule has 9 nitrogen and oxygen atoms in total. The van der Waals surface area contributed by atoms with Crippen LogP contribution in [0.2, 0.25) is 0 Å². The lowest BCUT2D eigenvalue weighted by Gasteiger charge is -2.20. The summed E-state index contributed by atoms with van der Waals surface area (Å²) in [4.78, 5) is 46.3. The Morgan fingerprint density at radius 3 is 2.06 bits per heavy atom. The maximum absolute atomic E-state index is 13.1. The zero-order valence-electron chi connectivity index (χ0n) is 28.3. The summed E-state index contributed by atoms with van der Waals surface area (Å²) < 4.78 is 5.85. The fourth-order valence-electron chi connectivity index (χ4n) is 5.10. The van der Waals surface area contributed by atoms with Gasteiger partial charge in [0.15, 0.2) is 5.82 Å². The number of hydrogen-bond donors (Lipinski definition) is 3. The summed E-state index contributed by atoms with van der Waals surface area (Å²) in [5, 5.41) is 14.5. The lowest BCUT2D eigenvalue weighted by molar-refractivity contribution is -0.137. The molecule has 0 aliphatic heterocycles. The van der Waals surface area contributed by atoms with Gasteiger partial charge >= 0.3 is 5.97 Å². The van der Waals surface area contributed by atoms with Crippen molar-refractivity contribution < 1.29 is 24.2 Å². The van der Waals surface area contributed by atoms with E-state index in [0.717, 1.165) is 46.6 Å². The van der Waals surface area contributed by atoms with E-state index < -0.39 is 17.9 Å². The van der Waals surface area contributed by atoms with Crippen molar-refractivity contribution >= 4 is 17.8 Å². The van der Waals surface area contributed by atoms with Crippen LogP contribution in [0.25, 0.3) is 22.5 Å². The van der Waals surface area contributed by atoms with E-state index in [1.54, 1.807) is 24.5 Å². The molecule has 48 heavy (non-hydrogen) atoms. The molecule has 0 bridgehead atoms. The molecular formula is C39H46N4O5. The molecule has 0 fully saturated rings. The number of nitrogens with zero attached hydrogens (tertiary/aromatic N) is 2. The van der Waals surface area contributed by atoms with Crippen molar-refractivity contribution in [2.45, 2.75) is 77.7 Å². The average molecular weight is 651 g/mol. The molecule has 0 unspecified atom stereocenters. The van der Waals surface area contributed by atoms with Crippen LogP contribution >= 0.6 is 0 Å². The molecule has 252 valence electrons. The number of carboxylic acid groups (broad SMARTS) is 1. The number of carbonyl (C=O) groups is 3. The Bertz CT molecular complexity index is 1630. The molecule has 0 saturated carbocycles. The van der Waals surface area contributed by atoms with Gasteiger partial charge in [0.25, 0.3) is 5.91 Å². The van der Waals surface area contributed by atoms with Gasteiger partial charge in [-0.25, -0.2) is 9.97 Å². The number of nitrogens with one attached hydrogen (secondary N) is 2. The second kappa shape index (κ2) is 17.2. The first-order valence-electron chi connectivity index (χ1n) is 16.6. The van der Waals surface area contributed by atoms with Crippen LogP contribution in [0.4, 0.5) is 0 Å². The number of carbonyl (C=O) groups excluding carboxylic acids is 2. The van der Waals surface area contributed by atoms with Gasteiger partial charge in [0, 0.05) is 42.0 Å². The highest BCUT2D eigenvalue weighted by Gasteiger charge is 2.23. The number of aromatic nitrogens is 2. The topological polar surface area (TPSA) is 131 Å². The number of hydrogen-bond acceptors (Lipinski definition) is 6. The largest absolute Gasteiger partial charge is 0.494 e. The number of ether oxygens (including phenoxy) is 1. The average Bonchev–Trinajstić information content (AvgIpc) is 3.08. The molecule has 3 aromatic carbocycles. The van der Waals surface area contributed by atoms with Crippen LogP contribution < -0.4 is 15.4 Å². The summed E-state index contributed by atoms with van der Waals surface area (Å²) in [5.41, 5.74) is 4.97. The molecular weight excluding hydrogens is 604 g/mol. The lowest BCUT2D eigenvalue weighted by Crippen LogP contribution is -2.48. The number of amides is 2. The Hall–Kier alpha value is -5.05. The van der Waals surface area contributed by atoms with Gasteiger partial charge in [-0.2, -0.15) is 0 Å². The highest BCUT2D eigenvalue weighted by molar-refractivity contribution is 5.97. The van der Waals surface area contributed by atoms with E-state index in [4.69, 9.17) is 9.84 Å². The molecule has 4 rings (SSSR count). The van der Waals surface area contributed by atoms with Gasteiger partial charge in [-0.15, -0.1) is 0 Å². The molecule has 9 heteroatoms. The molecule has 1 aromatic heterocycles. The van der Waals surface area contributed by atoms with Crippen LogP contribution in [0.1, 0.15) is 81.3 Å². The van der Waals surface area contributed by atoms with Crippen molar-refractivity contribution in [2.75, 3.05) is 13.2 Å². The van der Waals surface area contributed by atoms with Crippen molar-refractivity contribution in [1.82, 2.24) is 20.6 Å². The Morgan fingerprint density at radius 1 is 0.812 bits per heavy atom. The fraction of sp³-hybridized carbons (Fsp3) is 0.359. The normalized spacial score (nSPS) is 11.8. The van der Waals surface area contributed by atoms with Gasteiger partial charge in [0.2, 0.25) is 5.91 Å². The van der Waals surface area contributed by atoms with Crippen LogP contribution in [0, 0.1) is 0 Å². The summed E-state index contributed by atoms with van der Waals surface area (Å²) in [6.45, 7) is 9.16. The second-order valence-electron chi connectivity index (χ2n) is 12.9. The number of unbranched alkanes of at least 4 members (excludes halogenated alkanes) is 3. The smallest absolute Gasteiger partial charge is 0.305 e. The zero-order chi connectivity index (χ0) is 34.5. The molecule has 0 aliphatic carbocycles. The molecule has 2 amide bonds. The van der Waals surface area contributed by atoms with Gasteiger partial charge < -0.3 is 20.5 Å². The molecule has 0 radical (unpaired) electrons. The number of carboxylic acids is 1. The zero-order valence-corrected chi connectivity index (χ0v) is 28.3. The van der Waals surface area contributed by atoms with Gasteiger partial charge in [0.05, 0.1) is 13.0 Å². The number of rotatable bonds is 16. The standard InChI is InChI=1S/C39H46N4O5/c1-5-6-7-8-23-48-33-19-15-28(16-20-33)31-25-41-36(42-26-31)29-11-9-27(10-12-29)24-34(38(47)40-22-21-35(44)45)43-37(46)30-13-17-32(18-14-30)39(2,3)4/h9-20,25-26,34H,5-8,21-24H2,1-4H3,(H,40,47)(H,43,46)(H,44,45)/t34-/m0/s1. The summed E-state index contributed by atoms with van der Waals surface area (Å²) in [7, 11) is 0. The Kier molecular flexibility index (Phi) is 12.8. The summed E-state index contributed by atoms with van der Waals surface area (Å²) >= 11 is 0. The summed E-state index contributed by atoms with van der Waals surface area (Å²) in [6, 6.07) is 21.8. The predicted octanol–water partition coefficient (Wildman–Crippen LogP) is 7.00. The van der Waals surface area contributed by atoms with E-state index in [1.165, 1.54) is 19.3 Å². The minimum atomic E-state index is -1.02. The van der Waals surface area contributed by atoms with E-state index >= 15 is 0 Å². The summed E-state index contributed by atoms with van der Waals surface area (Å²) in [6.07, 6.45) is 8.25. The third-order valence-corrected chi connectivity index (χ3v) is 8.03. The molecule has 3 N–H and O–H groups in total. The van der Waals surface area contributed by atoms with Gasteiger partial charge in [0.1, 0.15) is 11.8 Å². The monoisotopic (exact) mass is 650 g/mol. The van der Waals surface area contributed by atoms with E-state index in [0.29, 0.717) is 11.4 Å². The third-order valence-electron chi connectivity index (χ3n) is 8.03. The number of aliphatic carboxylic acids is 1. The second-order valence-corrected chi connectivity index (χ2v) is 12.9. The van der Waals surface area contributed by atoms with Crippen molar-refractivity contribution in [3.63, 3.8) is 0 Å². The van der Waals surface area contributed by atoms with Crippen LogP contribution in [0.15, 0.2) is 85.2 Å².